The van der Waals surface area contributed by atoms with E-state index in [0.717, 1.165) is 10.0 Å². The Hall–Kier alpha value is -0.501. The number of hydrogen-bond acceptors (Lipinski definition) is 1. The maximum atomic E-state index is 10.7. The van der Waals surface area contributed by atoms with E-state index in [4.69, 9.17) is 15.2 Å². The fourth-order valence-corrected chi connectivity index (χ4v) is 2.89. The Kier molecular flexibility index (Phi) is 3.15. The first kappa shape index (κ1) is 9.59. The fourth-order valence-electron chi connectivity index (χ4n) is 0.923. The Morgan fingerprint density at radius 2 is 2.25 bits per heavy atom. The van der Waals surface area contributed by atoms with Gasteiger partial charge in [-0.3, -0.25) is 0 Å². The van der Waals surface area contributed by atoms with Crippen LogP contribution in [0.1, 0.15) is 15.9 Å². The molecule has 0 aromatic heterocycles. The number of carboxylic acids is 1. The fraction of sp³-hybridized carbons (Fsp3) is 0.125. The van der Waals surface area contributed by atoms with E-state index in [2.05, 4.69) is 0 Å². The second-order valence-electron chi connectivity index (χ2n) is 2.33. The molecule has 0 aliphatic carbocycles. The van der Waals surface area contributed by atoms with Gasteiger partial charge in [0.25, 0.3) is 0 Å². The third kappa shape index (κ3) is 1.80. The van der Waals surface area contributed by atoms with Crippen molar-refractivity contribution in [2.75, 3.05) is 0 Å². The summed E-state index contributed by atoms with van der Waals surface area (Å²) in [4.78, 5) is 10.7. The number of aryl methyl sites for hydroxylation is 1. The molecule has 1 rings (SSSR count). The molecule has 0 atom stereocenters. The molecule has 1 aromatic rings. The molecule has 64 valence electrons. The maximum absolute atomic E-state index is 10.7. The molecule has 0 radical (unpaired) electrons. The summed E-state index contributed by atoms with van der Waals surface area (Å²) in [7, 11) is 5.68. The number of hydrogen-bond donors (Lipinski definition) is 1. The van der Waals surface area contributed by atoms with E-state index in [0.29, 0.717) is 5.56 Å². The summed E-state index contributed by atoms with van der Waals surface area (Å²) >= 11 is -0.279. The van der Waals surface area contributed by atoms with Crippen LogP contribution in [0.2, 0.25) is 0 Å². The van der Waals surface area contributed by atoms with Crippen LogP contribution in [0.15, 0.2) is 18.2 Å². The second kappa shape index (κ2) is 3.94. The van der Waals surface area contributed by atoms with Crippen LogP contribution in [0.5, 0.6) is 0 Å². The number of benzene rings is 1. The minimum atomic E-state index is -0.906. The number of carbonyl (C=O) groups is 1. The van der Waals surface area contributed by atoms with Crippen molar-refractivity contribution in [2.24, 2.45) is 0 Å². The molecule has 0 aliphatic heterocycles. The normalized spacial score (nSPS) is 9.83. The van der Waals surface area contributed by atoms with Crippen LogP contribution in [0.4, 0.5) is 0 Å². The van der Waals surface area contributed by atoms with Crippen molar-refractivity contribution < 1.29 is 9.90 Å². The van der Waals surface area contributed by atoms with Crippen LogP contribution in [0.3, 0.4) is 0 Å². The zero-order chi connectivity index (χ0) is 9.14. The molecule has 12 heavy (non-hydrogen) atoms. The summed E-state index contributed by atoms with van der Waals surface area (Å²) in [6.07, 6.45) is 0. The first-order chi connectivity index (χ1) is 5.66. The molecule has 1 N–H and O–H groups in total. The molecule has 0 amide bonds. The second-order valence-corrected chi connectivity index (χ2v) is 4.32. The van der Waals surface area contributed by atoms with Gasteiger partial charge in [0.2, 0.25) is 0 Å². The van der Waals surface area contributed by atoms with Gasteiger partial charge in [0.05, 0.1) is 0 Å². The molecule has 0 unspecified atom stereocenters. The molecule has 0 aliphatic rings. The van der Waals surface area contributed by atoms with Crippen molar-refractivity contribution >= 4 is 34.6 Å². The molecule has 0 saturated carbocycles. The third-order valence-corrected chi connectivity index (χ3v) is 3.78. The van der Waals surface area contributed by atoms with Crippen LogP contribution < -0.4 is 4.46 Å². The molecule has 0 spiro atoms. The van der Waals surface area contributed by atoms with Crippen molar-refractivity contribution in [1.82, 2.24) is 0 Å². The van der Waals surface area contributed by atoms with E-state index in [1.54, 1.807) is 12.1 Å². The first-order valence-corrected chi connectivity index (χ1v) is 6.39. The van der Waals surface area contributed by atoms with E-state index in [-0.39, 0.29) is 14.0 Å². The van der Waals surface area contributed by atoms with Crippen molar-refractivity contribution in [3.05, 3.63) is 29.3 Å². The van der Waals surface area contributed by atoms with Crippen molar-refractivity contribution in [3.8, 4) is 0 Å². The Morgan fingerprint density at radius 3 is 2.67 bits per heavy atom. The van der Waals surface area contributed by atoms with Crippen molar-refractivity contribution in [3.63, 3.8) is 0 Å². The van der Waals surface area contributed by atoms with E-state index < -0.39 is 5.97 Å². The van der Waals surface area contributed by atoms with Gasteiger partial charge >= 0.3 is 80.7 Å². The molecule has 1 aromatic carbocycles. The van der Waals surface area contributed by atoms with Gasteiger partial charge < -0.3 is 0 Å². The topological polar surface area (TPSA) is 37.3 Å². The van der Waals surface area contributed by atoms with Gasteiger partial charge in [-0.15, -0.1) is 0 Å². The summed E-state index contributed by atoms with van der Waals surface area (Å²) in [5, 5.41) is 8.77. The Labute approximate surface area is 80.9 Å². The van der Waals surface area contributed by atoms with Gasteiger partial charge in [-0.25, -0.2) is 0 Å². The summed E-state index contributed by atoms with van der Waals surface area (Å²) in [6.45, 7) is 1.87. The van der Waals surface area contributed by atoms with Crippen LogP contribution in [-0.2, 0) is 0 Å². The van der Waals surface area contributed by atoms with E-state index >= 15 is 0 Å². The third-order valence-electron chi connectivity index (χ3n) is 1.52. The zero-order valence-corrected chi connectivity index (χ0v) is 8.84. The summed E-state index contributed by atoms with van der Waals surface area (Å²) in [5.74, 6) is -0.906. The van der Waals surface area contributed by atoms with Crippen LogP contribution in [0.25, 0.3) is 0 Å². The van der Waals surface area contributed by atoms with E-state index in [1.807, 2.05) is 13.0 Å². The summed E-state index contributed by atoms with van der Waals surface area (Å²) in [5.41, 5.74) is 1.27. The minimum absolute atomic E-state index is 0.279. The predicted molar refractivity (Wildman–Crippen MR) is 49.4 cm³/mol. The molecular weight excluding hydrogens is 242 g/mol. The van der Waals surface area contributed by atoms with Crippen LogP contribution in [0, 0.1) is 6.92 Å². The molecular formula is C8H7ClO2Se. The summed E-state index contributed by atoms with van der Waals surface area (Å²) < 4.78 is 0.763. The van der Waals surface area contributed by atoms with Gasteiger partial charge in [-0.1, -0.05) is 0 Å². The van der Waals surface area contributed by atoms with Gasteiger partial charge in [0.15, 0.2) is 0 Å². The zero-order valence-electron chi connectivity index (χ0n) is 6.37. The molecule has 0 bridgehead atoms. The molecule has 2 nitrogen and oxygen atoms in total. The van der Waals surface area contributed by atoms with Crippen molar-refractivity contribution in [1.29, 1.82) is 0 Å². The van der Waals surface area contributed by atoms with E-state index in [9.17, 15) is 4.79 Å². The van der Waals surface area contributed by atoms with E-state index in [1.165, 1.54) is 0 Å². The van der Waals surface area contributed by atoms with Gasteiger partial charge in [0.1, 0.15) is 0 Å². The first-order valence-electron chi connectivity index (χ1n) is 3.28. The number of carboxylic acid groups (broad SMARTS) is 1. The molecule has 0 fully saturated rings. The number of aromatic carboxylic acids is 1. The van der Waals surface area contributed by atoms with Crippen LogP contribution in [-0.4, -0.2) is 25.1 Å². The average Bonchev–Trinajstić information content (AvgIpc) is 2.03. The molecule has 4 heteroatoms. The summed E-state index contributed by atoms with van der Waals surface area (Å²) in [6, 6.07) is 5.17. The number of halogens is 1. The monoisotopic (exact) mass is 250 g/mol. The number of rotatable bonds is 2. The molecule has 0 heterocycles. The van der Waals surface area contributed by atoms with Crippen LogP contribution >= 0.6 is 10.1 Å². The van der Waals surface area contributed by atoms with Gasteiger partial charge in [-0.05, 0) is 0 Å². The quantitative estimate of drug-likeness (QED) is 0.799. The Morgan fingerprint density at radius 1 is 1.58 bits per heavy atom. The Bertz CT molecular complexity index is 312. The van der Waals surface area contributed by atoms with Gasteiger partial charge in [0, 0.05) is 0 Å². The van der Waals surface area contributed by atoms with Crippen molar-refractivity contribution in [2.45, 2.75) is 6.92 Å². The standard InChI is InChI=1S/C8H7ClO2Se/c1-5-3-2-4-6(8(10)11)7(5)12-9/h2-4H,1H3,(H,10,11). The Balaban J connectivity index is 3.27. The average molecular weight is 250 g/mol. The SMILES string of the molecule is Cc1cccc(C(=O)O)c1[Se]Cl. The predicted octanol–water partition coefficient (Wildman–Crippen LogP) is 1.18. The molecule has 0 saturated heterocycles. The van der Waals surface area contributed by atoms with Gasteiger partial charge in [-0.2, -0.15) is 0 Å².